The first-order valence-electron chi connectivity index (χ1n) is 5.01. The molecule has 2 aromatic rings. The second-order valence-corrected chi connectivity index (χ2v) is 3.52. The molecule has 1 fully saturated rings. The molecule has 4 heteroatoms. The van der Waals surface area contributed by atoms with Crippen LogP contribution in [0.2, 0.25) is 0 Å². The Morgan fingerprint density at radius 2 is 2.00 bits per heavy atom. The molecule has 3 nitrogen and oxygen atoms in total. The fourth-order valence-corrected chi connectivity index (χ4v) is 1.89. The molecule has 1 aliphatic heterocycles. The summed E-state index contributed by atoms with van der Waals surface area (Å²) in [5, 5.41) is 2.27. The fraction of sp³-hybridized carbons (Fsp3) is 0.182. The first-order valence-corrected chi connectivity index (χ1v) is 5.01. The van der Waals surface area contributed by atoms with Crippen LogP contribution in [0.15, 0.2) is 36.7 Å². The maximum Gasteiger partial charge on any atom is 0.494 e. The van der Waals surface area contributed by atoms with Crippen LogP contribution < -0.4 is 5.46 Å². The van der Waals surface area contributed by atoms with E-state index in [1.807, 2.05) is 30.5 Å². The third-order valence-electron chi connectivity index (χ3n) is 2.59. The van der Waals surface area contributed by atoms with Crippen LogP contribution in [0, 0.1) is 0 Å². The number of nitrogens with zero attached hydrogens (tertiary/aromatic N) is 1. The highest BCUT2D eigenvalue weighted by Gasteiger charge is 2.27. The van der Waals surface area contributed by atoms with Crippen LogP contribution in [0.4, 0.5) is 0 Å². The van der Waals surface area contributed by atoms with Crippen LogP contribution in [0.25, 0.3) is 10.8 Å². The topological polar surface area (TPSA) is 31.4 Å². The van der Waals surface area contributed by atoms with E-state index in [0.717, 1.165) is 16.2 Å². The summed E-state index contributed by atoms with van der Waals surface area (Å²) in [5.41, 5.74) is 1.09. The van der Waals surface area contributed by atoms with Crippen LogP contribution in [-0.4, -0.2) is 25.3 Å². The van der Waals surface area contributed by atoms with E-state index in [1.54, 1.807) is 6.20 Å². The zero-order valence-corrected chi connectivity index (χ0v) is 8.22. The van der Waals surface area contributed by atoms with Gasteiger partial charge in [-0.3, -0.25) is 4.98 Å². The molecule has 3 rings (SSSR count). The smallest absolute Gasteiger partial charge is 0.405 e. The van der Waals surface area contributed by atoms with Gasteiger partial charge in [0.1, 0.15) is 0 Å². The molecule has 0 saturated carbocycles. The summed E-state index contributed by atoms with van der Waals surface area (Å²) in [4.78, 5) is 4.10. The van der Waals surface area contributed by atoms with Gasteiger partial charge in [0.05, 0.1) is 13.2 Å². The molecule has 0 spiro atoms. The van der Waals surface area contributed by atoms with Gasteiger partial charge in [-0.1, -0.05) is 18.2 Å². The SMILES string of the molecule is c1cc(B2OCCO2)c2ccncc2c1. The van der Waals surface area contributed by atoms with Gasteiger partial charge in [0, 0.05) is 12.4 Å². The van der Waals surface area contributed by atoms with Gasteiger partial charge >= 0.3 is 7.12 Å². The lowest BCUT2D eigenvalue weighted by molar-refractivity contribution is 0.365. The van der Waals surface area contributed by atoms with E-state index in [0.29, 0.717) is 13.2 Å². The van der Waals surface area contributed by atoms with E-state index in [-0.39, 0.29) is 7.12 Å². The molecule has 0 amide bonds. The van der Waals surface area contributed by atoms with Crippen molar-refractivity contribution < 1.29 is 9.31 Å². The lowest BCUT2D eigenvalue weighted by Crippen LogP contribution is -2.32. The minimum atomic E-state index is -0.212. The standard InChI is InChI=1S/C11H10BNO2/c1-2-9-8-13-5-4-10(9)11(3-1)12-14-6-7-15-12/h1-5,8H,6-7H2. The van der Waals surface area contributed by atoms with Gasteiger partial charge in [-0.2, -0.15) is 0 Å². The summed E-state index contributed by atoms with van der Waals surface area (Å²) in [7, 11) is -0.212. The molecule has 1 aromatic heterocycles. The van der Waals surface area contributed by atoms with Gasteiger partial charge < -0.3 is 9.31 Å². The lowest BCUT2D eigenvalue weighted by atomic mass is 9.77. The van der Waals surface area contributed by atoms with Crippen LogP contribution in [0.3, 0.4) is 0 Å². The molecule has 0 aliphatic carbocycles. The number of aromatic nitrogens is 1. The van der Waals surface area contributed by atoms with Crippen LogP contribution in [0.1, 0.15) is 0 Å². The molecule has 2 heterocycles. The highest BCUT2D eigenvalue weighted by atomic mass is 16.6. The number of hydrogen-bond donors (Lipinski definition) is 0. The van der Waals surface area contributed by atoms with Crippen molar-refractivity contribution in [2.45, 2.75) is 0 Å². The quantitative estimate of drug-likeness (QED) is 0.641. The highest BCUT2D eigenvalue weighted by molar-refractivity contribution is 6.64. The molecule has 0 unspecified atom stereocenters. The lowest BCUT2D eigenvalue weighted by Gasteiger charge is -2.07. The third-order valence-corrected chi connectivity index (χ3v) is 2.59. The molecular formula is C11H10BNO2. The minimum absolute atomic E-state index is 0.212. The maximum atomic E-state index is 5.50. The average molecular weight is 199 g/mol. The van der Waals surface area contributed by atoms with E-state index in [1.165, 1.54) is 0 Å². The van der Waals surface area contributed by atoms with Gasteiger partial charge in [-0.05, 0) is 22.3 Å². The summed E-state index contributed by atoms with van der Waals surface area (Å²) in [6, 6.07) is 8.08. The summed E-state index contributed by atoms with van der Waals surface area (Å²) in [6.07, 6.45) is 3.65. The van der Waals surface area contributed by atoms with Crippen LogP contribution in [0.5, 0.6) is 0 Å². The van der Waals surface area contributed by atoms with Gasteiger partial charge in [0.25, 0.3) is 0 Å². The zero-order valence-electron chi connectivity index (χ0n) is 8.22. The highest BCUT2D eigenvalue weighted by Crippen LogP contribution is 2.12. The Balaban J connectivity index is 2.16. The van der Waals surface area contributed by atoms with Crippen molar-refractivity contribution in [2.75, 3.05) is 13.2 Å². The molecule has 1 aliphatic rings. The Morgan fingerprint density at radius 1 is 1.13 bits per heavy atom. The van der Waals surface area contributed by atoms with Gasteiger partial charge in [-0.25, -0.2) is 0 Å². The summed E-state index contributed by atoms with van der Waals surface area (Å²) in [6.45, 7) is 1.35. The second-order valence-electron chi connectivity index (χ2n) is 3.52. The Hall–Kier alpha value is -1.39. The largest absolute Gasteiger partial charge is 0.494 e. The van der Waals surface area contributed by atoms with E-state index >= 15 is 0 Å². The molecular weight excluding hydrogens is 189 g/mol. The Bertz CT molecular complexity index is 477. The van der Waals surface area contributed by atoms with Crippen molar-refractivity contribution >= 4 is 23.4 Å². The van der Waals surface area contributed by atoms with Crippen molar-refractivity contribution in [3.05, 3.63) is 36.7 Å². The normalized spacial score (nSPS) is 16.1. The first-order chi connectivity index (χ1) is 7.45. The van der Waals surface area contributed by atoms with Crippen molar-refractivity contribution in [1.29, 1.82) is 0 Å². The molecule has 0 bridgehead atoms. The van der Waals surface area contributed by atoms with E-state index in [4.69, 9.17) is 9.31 Å². The summed E-state index contributed by atoms with van der Waals surface area (Å²) >= 11 is 0. The third kappa shape index (κ3) is 1.52. The van der Waals surface area contributed by atoms with Crippen molar-refractivity contribution in [1.82, 2.24) is 4.98 Å². The number of rotatable bonds is 1. The number of hydrogen-bond acceptors (Lipinski definition) is 3. The zero-order chi connectivity index (χ0) is 10.1. The average Bonchev–Trinajstić information content (AvgIpc) is 2.82. The summed E-state index contributed by atoms with van der Waals surface area (Å²) < 4.78 is 11.0. The molecule has 15 heavy (non-hydrogen) atoms. The number of fused-ring (bicyclic) bond motifs is 1. The predicted molar refractivity (Wildman–Crippen MR) is 59.0 cm³/mol. The van der Waals surface area contributed by atoms with E-state index < -0.39 is 0 Å². The van der Waals surface area contributed by atoms with Gasteiger partial charge in [0.15, 0.2) is 0 Å². The molecule has 1 aromatic carbocycles. The van der Waals surface area contributed by atoms with Crippen molar-refractivity contribution in [3.63, 3.8) is 0 Å². The fourth-order valence-electron chi connectivity index (χ4n) is 1.89. The molecule has 0 radical (unpaired) electrons. The Kier molecular flexibility index (Phi) is 2.16. The van der Waals surface area contributed by atoms with E-state index in [2.05, 4.69) is 4.98 Å². The van der Waals surface area contributed by atoms with E-state index in [9.17, 15) is 0 Å². The van der Waals surface area contributed by atoms with Crippen LogP contribution in [-0.2, 0) is 9.31 Å². The van der Waals surface area contributed by atoms with Crippen molar-refractivity contribution in [3.8, 4) is 0 Å². The maximum absolute atomic E-state index is 5.50. The first kappa shape index (κ1) is 8.89. The molecule has 0 N–H and O–H groups in total. The number of benzene rings is 1. The number of pyridine rings is 1. The molecule has 0 atom stereocenters. The minimum Gasteiger partial charge on any atom is -0.405 e. The summed E-state index contributed by atoms with van der Waals surface area (Å²) in [5.74, 6) is 0. The Labute approximate surface area is 88.2 Å². The molecule has 74 valence electrons. The molecule has 1 saturated heterocycles. The van der Waals surface area contributed by atoms with Crippen LogP contribution >= 0.6 is 0 Å². The second kappa shape index (κ2) is 3.64. The predicted octanol–water partition coefficient (Wildman–Crippen LogP) is 0.977. The Morgan fingerprint density at radius 3 is 2.87 bits per heavy atom. The van der Waals surface area contributed by atoms with Crippen molar-refractivity contribution in [2.24, 2.45) is 0 Å². The van der Waals surface area contributed by atoms with Gasteiger partial charge in [-0.15, -0.1) is 0 Å². The monoisotopic (exact) mass is 199 g/mol. The van der Waals surface area contributed by atoms with Gasteiger partial charge in [0.2, 0.25) is 0 Å².